The second kappa shape index (κ2) is 6.63. The van der Waals surface area contributed by atoms with Gasteiger partial charge >= 0.3 is 0 Å². The summed E-state index contributed by atoms with van der Waals surface area (Å²) >= 11 is 0. The van der Waals surface area contributed by atoms with Crippen molar-refractivity contribution < 1.29 is 4.79 Å². The van der Waals surface area contributed by atoms with E-state index in [-0.39, 0.29) is 11.2 Å². The SMILES string of the molecule is CC(C)(C)CC(=O)CNc1nc(-c2ccncn2)nc2c1CCC2. The van der Waals surface area contributed by atoms with Crippen LogP contribution in [-0.2, 0) is 17.6 Å². The predicted octanol–water partition coefficient (Wildman–Crippen LogP) is 2.84. The minimum atomic E-state index is -0.00149. The van der Waals surface area contributed by atoms with E-state index < -0.39 is 0 Å². The number of nitrogens with zero attached hydrogens (tertiary/aromatic N) is 4. The van der Waals surface area contributed by atoms with Gasteiger partial charge in [-0.25, -0.2) is 19.9 Å². The van der Waals surface area contributed by atoms with Crippen molar-refractivity contribution in [3.8, 4) is 11.5 Å². The van der Waals surface area contributed by atoms with E-state index in [9.17, 15) is 4.79 Å². The van der Waals surface area contributed by atoms with Gasteiger partial charge in [0, 0.05) is 23.9 Å². The van der Waals surface area contributed by atoms with Gasteiger partial charge in [0.1, 0.15) is 17.8 Å². The molecular weight excluding hydrogens is 302 g/mol. The molecule has 0 saturated carbocycles. The Bertz CT molecular complexity index is 737. The highest BCUT2D eigenvalue weighted by Crippen LogP contribution is 2.28. The second-order valence-corrected chi connectivity index (χ2v) is 7.40. The summed E-state index contributed by atoms with van der Waals surface area (Å²) in [5.41, 5.74) is 2.89. The molecule has 0 spiro atoms. The zero-order valence-electron chi connectivity index (χ0n) is 14.5. The molecular formula is C18H23N5O. The molecule has 0 bridgehead atoms. The van der Waals surface area contributed by atoms with E-state index in [1.807, 2.05) is 0 Å². The second-order valence-electron chi connectivity index (χ2n) is 7.40. The minimum absolute atomic E-state index is 0.00149. The molecule has 2 heterocycles. The quantitative estimate of drug-likeness (QED) is 0.910. The normalized spacial score (nSPS) is 13.6. The van der Waals surface area contributed by atoms with Gasteiger partial charge in [-0.2, -0.15) is 0 Å². The molecule has 1 aliphatic carbocycles. The number of nitrogens with one attached hydrogen (secondary N) is 1. The summed E-state index contributed by atoms with van der Waals surface area (Å²) in [6, 6.07) is 1.80. The zero-order chi connectivity index (χ0) is 17.2. The fourth-order valence-corrected chi connectivity index (χ4v) is 2.95. The summed E-state index contributed by atoms with van der Waals surface area (Å²) in [4.78, 5) is 29.6. The van der Waals surface area contributed by atoms with Crippen molar-refractivity contribution in [3.63, 3.8) is 0 Å². The molecule has 3 rings (SSSR count). The molecule has 0 saturated heterocycles. The van der Waals surface area contributed by atoms with Gasteiger partial charge in [0.25, 0.3) is 0 Å². The summed E-state index contributed by atoms with van der Waals surface area (Å²) in [7, 11) is 0. The van der Waals surface area contributed by atoms with Crippen molar-refractivity contribution in [2.45, 2.75) is 46.5 Å². The largest absolute Gasteiger partial charge is 0.363 e. The van der Waals surface area contributed by atoms with Gasteiger partial charge in [0.2, 0.25) is 0 Å². The molecule has 0 fully saturated rings. The number of carbonyl (C=O) groups excluding carboxylic acids is 1. The molecule has 0 atom stereocenters. The lowest BCUT2D eigenvalue weighted by molar-refractivity contribution is -0.119. The first-order valence-electron chi connectivity index (χ1n) is 8.34. The van der Waals surface area contributed by atoms with E-state index >= 15 is 0 Å². The Morgan fingerprint density at radius 1 is 1.25 bits per heavy atom. The van der Waals surface area contributed by atoms with Gasteiger partial charge in [-0.05, 0) is 30.7 Å². The van der Waals surface area contributed by atoms with Crippen molar-refractivity contribution in [3.05, 3.63) is 29.8 Å². The number of Topliss-reactive ketones (excluding diaryl/α,β-unsaturated/α-hetero) is 1. The number of ketones is 1. The number of fused-ring (bicyclic) bond motifs is 1. The van der Waals surface area contributed by atoms with Gasteiger partial charge in [0.05, 0.1) is 6.54 Å². The molecule has 0 radical (unpaired) electrons. The predicted molar refractivity (Wildman–Crippen MR) is 92.7 cm³/mol. The molecule has 1 N–H and O–H groups in total. The first-order valence-corrected chi connectivity index (χ1v) is 8.34. The fourth-order valence-electron chi connectivity index (χ4n) is 2.95. The molecule has 2 aromatic heterocycles. The standard InChI is InChI=1S/C18H23N5O/c1-18(2,3)9-12(24)10-20-16-13-5-4-6-14(13)22-17(23-16)15-7-8-19-11-21-15/h7-8,11H,4-6,9-10H2,1-3H3,(H,20,22,23). The van der Waals surface area contributed by atoms with Crippen LogP contribution in [0.1, 0.15) is 44.9 Å². The van der Waals surface area contributed by atoms with Gasteiger partial charge in [-0.15, -0.1) is 0 Å². The molecule has 2 aromatic rings. The Hall–Kier alpha value is -2.37. The van der Waals surface area contributed by atoms with Crippen LogP contribution in [0, 0.1) is 5.41 Å². The molecule has 6 nitrogen and oxygen atoms in total. The monoisotopic (exact) mass is 325 g/mol. The van der Waals surface area contributed by atoms with Gasteiger partial charge < -0.3 is 5.32 Å². The Balaban J connectivity index is 1.82. The highest BCUT2D eigenvalue weighted by atomic mass is 16.1. The van der Waals surface area contributed by atoms with Crippen molar-refractivity contribution in [1.29, 1.82) is 0 Å². The van der Waals surface area contributed by atoms with Crippen LogP contribution >= 0.6 is 0 Å². The number of hydrogen-bond acceptors (Lipinski definition) is 6. The lowest BCUT2D eigenvalue weighted by atomic mass is 9.90. The fraction of sp³-hybridized carbons (Fsp3) is 0.500. The van der Waals surface area contributed by atoms with Crippen LogP contribution in [-0.4, -0.2) is 32.3 Å². The van der Waals surface area contributed by atoms with Crippen molar-refractivity contribution in [1.82, 2.24) is 19.9 Å². The van der Waals surface area contributed by atoms with E-state index in [0.29, 0.717) is 24.5 Å². The third kappa shape index (κ3) is 3.93. The molecule has 0 amide bonds. The Morgan fingerprint density at radius 3 is 2.79 bits per heavy atom. The zero-order valence-corrected chi connectivity index (χ0v) is 14.5. The number of rotatable bonds is 5. The van der Waals surface area contributed by atoms with E-state index in [4.69, 9.17) is 0 Å². The van der Waals surface area contributed by atoms with Crippen LogP contribution < -0.4 is 5.32 Å². The summed E-state index contributed by atoms with van der Waals surface area (Å²) in [5, 5.41) is 3.23. The number of hydrogen-bond donors (Lipinski definition) is 1. The molecule has 126 valence electrons. The van der Waals surface area contributed by atoms with Crippen LogP contribution in [0.5, 0.6) is 0 Å². The number of carbonyl (C=O) groups is 1. The molecule has 0 unspecified atom stereocenters. The van der Waals surface area contributed by atoms with E-state index in [2.05, 4.69) is 46.0 Å². The first-order chi connectivity index (χ1) is 11.4. The highest BCUT2D eigenvalue weighted by Gasteiger charge is 2.21. The number of anilines is 1. The third-order valence-corrected chi connectivity index (χ3v) is 3.92. The molecule has 6 heteroatoms. The summed E-state index contributed by atoms with van der Waals surface area (Å²) in [6.45, 7) is 6.51. The van der Waals surface area contributed by atoms with Crippen LogP contribution in [0.25, 0.3) is 11.5 Å². The van der Waals surface area contributed by atoms with Crippen molar-refractivity contribution in [2.75, 3.05) is 11.9 Å². The Morgan fingerprint density at radius 2 is 2.08 bits per heavy atom. The summed E-state index contributed by atoms with van der Waals surface area (Å²) in [6.07, 6.45) is 6.69. The minimum Gasteiger partial charge on any atom is -0.363 e. The maximum absolute atomic E-state index is 12.2. The van der Waals surface area contributed by atoms with Crippen LogP contribution in [0.4, 0.5) is 5.82 Å². The maximum Gasteiger partial charge on any atom is 0.180 e. The highest BCUT2D eigenvalue weighted by molar-refractivity contribution is 5.83. The Labute approximate surface area is 142 Å². The van der Waals surface area contributed by atoms with Gasteiger partial charge in [-0.1, -0.05) is 20.8 Å². The van der Waals surface area contributed by atoms with Crippen LogP contribution in [0.15, 0.2) is 18.6 Å². The molecule has 0 aliphatic heterocycles. The van der Waals surface area contributed by atoms with E-state index in [1.165, 1.54) is 6.33 Å². The lowest BCUT2D eigenvalue weighted by Crippen LogP contribution is -2.21. The summed E-state index contributed by atoms with van der Waals surface area (Å²) in [5.74, 6) is 1.55. The maximum atomic E-state index is 12.2. The smallest absolute Gasteiger partial charge is 0.180 e. The third-order valence-electron chi connectivity index (χ3n) is 3.92. The van der Waals surface area contributed by atoms with Gasteiger partial charge in [-0.3, -0.25) is 4.79 Å². The van der Waals surface area contributed by atoms with Crippen LogP contribution in [0.3, 0.4) is 0 Å². The molecule has 24 heavy (non-hydrogen) atoms. The van der Waals surface area contributed by atoms with Crippen molar-refractivity contribution >= 4 is 11.6 Å². The average molecular weight is 325 g/mol. The first kappa shape index (κ1) is 16.5. The number of aryl methyl sites for hydroxylation is 1. The van der Waals surface area contributed by atoms with Crippen LogP contribution in [0.2, 0.25) is 0 Å². The Kier molecular flexibility index (Phi) is 4.55. The van der Waals surface area contributed by atoms with E-state index in [1.54, 1.807) is 12.3 Å². The topological polar surface area (TPSA) is 80.7 Å². The lowest BCUT2D eigenvalue weighted by Gasteiger charge is -2.17. The summed E-state index contributed by atoms with van der Waals surface area (Å²) < 4.78 is 0. The number of aromatic nitrogens is 4. The molecule has 0 aromatic carbocycles. The van der Waals surface area contributed by atoms with E-state index in [0.717, 1.165) is 36.3 Å². The molecule has 1 aliphatic rings. The average Bonchev–Trinajstić information content (AvgIpc) is 3.00. The van der Waals surface area contributed by atoms with Gasteiger partial charge in [0.15, 0.2) is 11.6 Å². The van der Waals surface area contributed by atoms with Crippen molar-refractivity contribution in [2.24, 2.45) is 5.41 Å².